The highest BCUT2D eigenvalue weighted by Gasteiger charge is 2.31. The van der Waals surface area contributed by atoms with Gasteiger partial charge in [0.1, 0.15) is 0 Å². The maximum absolute atomic E-state index is 5.93. The van der Waals surface area contributed by atoms with Crippen molar-refractivity contribution >= 4 is 11.6 Å². The summed E-state index contributed by atoms with van der Waals surface area (Å²) >= 11 is 5.78. The molecule has 1 aliphatic rings. The van der Waals surface area contributed by atoms with Gasteiger partial charge in [-0.3, -0.25) is 0 Å². The Hall–Kier alpha value is 0.210. The van der Waals surface area contributed by atoms with Crippen LogP contribution in [0.4, 0.5) is 0 Å². The molecular weight excluding hydrogens is 222 g/mol. The summed E-state index contributed by atoms with van der Waals surface area (Å²) in [7, 11) is 0. The lowest BCUT2D eigenvalue weighted by Gasteiger charge is -2.25. The summed E-state index contributed by atoms with van der Waals surface area (Å²) in [6.07, 6.45) is 3.79. The van der Waals surface area contributed by atoms with Gasteiger partial charge in [-0.25, -0.2) is 0 Å². The Bertz CT molecular complexity index is 216. The topological polar surface area (TPSA) is 21.3 Å². The first-order valence-corrected chi connectivity index (χ1v) is 6.83. The van der Waals surface area contributed by atoms with E-state index < -0.39 is 0 Å². The SMILES string of the molecule is CC(C)(CCCl)CNCC1CCC(C)(C)O1. The van der Waals surface area contributed by atoms with E-state index in [0.717, 1.165) is 25.4 Å². The van der Waals surface area contributed by atoms with Crippen LogP contribution in [0.15, 0.2) is 0 Å². The molecule has 1 aliphatic heterocycles. The second-order valence-electron chi connectivity index (χ2n) is 6.27. The van der Waals surface area contributed by atoms with Crippen LogP contribution < -0.4 is 5.32 Å². The van der Waals surface area contributed by atoms with Gasteiger partial charge >= 0.3 is 0 Å². The minimum atomic E-state index is 0.0814. The number of ether oxygens (including phenoxy) is 1. The Morgan fingerprint density at radius 1 is 1.44 bits per heavy atom. The third-order valence-corrected chi connectivity index (χ3v) is 3.49. The molecular formula is C13H26ClNO. The van der Waals surface area contributed by atoms with Gasteiger partial charge in [-0.05, 0) is 38.5 Å². The molecule has 1 fully saturated rings. The van der Waals surface area contributed by atoms with Crippen LogP contribution in [-0.4, -0.2) is 30.7 Å². The van der Waals surface area contributed by atoms with Crippen LogP contribution in [0, 0.1) is 5.41 Å². The molecule has 96 valence electrons. The van der Waals surface area contributed by atoms with Gasteiger partial charge in [0.05, 0.1) is 11.7 Å². The summed E-state index contributed by atoms with van der Waals surface area (Å²) in [4.78, 5) is 0. The smallest absolute Gasteiger partial charge is 0.0707 e. The average molecular weight is 248 g/mol. The minimum absolute atomic E-state index is 0.0814. The van der Waals surface area contributed by atoms with Crippen molar-refractivity contribution < 1.29 is 4.74 Å². The molecule has 0 aromatic heterocycles. The molecule has 0 amide bonds. The molecule has 1 heterocycles. The van der Waals surface area contributed by atoms with E-state index in [4.69, 9.17) is 16.3 Å². The highest BCUT2D eigenvalue weighted by molar-refractivity contribution is 6.17. The fourth-order valence-electron chi connectivity index (χ4n) is 2.14. The molecule has 1 saturated heterocycles. The third-order valence-electron chi connectivity index (χ3n) is 3.30. The molecule has 16 heavy (non-hydrogen) atoms. The maximum Gasteiger partial charge on any atom is 0.0707 e. The fourth-order valence-corrected chi connectivity index (χ4v) is 2.65. The zero-order chi connectivity index (χ0) is 12.2. The van der Waals surface area contributed by atoms with Gasteiger partial charge in [0, 0.05) is 19.0 Å². The fraction of sp³-hybridized carbons (Fsp3) is 1.00. The van der Waals surface area contributed by atoms with E-state index in [-0.39, 0.29) is 11.0 Å². The Morgan fingerprint density at radius 2 is 2.12 bits per heavy atom. The molecule has 1 unspecified atom stereocenters. The molecule has 0 aliphatic carbocycles. The van der Waals surface area contributed by atoms with E-state index in [1.165, 1.54) is 12.8 Å². The van der Waals surface area contributed by atoms with Gasteiger partial charge in [0.2, 0.25) is 0 Å². The van der Waals surface area contributed by atoms with Crippen molar-refractivity contribution in [1.29, 1.82) is 0 Å². The second kappa shape index (κ2) is 5.70. The lowest BCUT2D eigenvalue weighted by molar-refractivity contribution is -0.0148. The van der Waals surface area contributed by atoms with Crippen molar-refractivity contribution in [1.82, 2.24) is 5.32 Å². The second-order valence-corrected chi connectivity index (χ2v) is 6.65. The maximum atomic E-state index is 5.93. The van der Waals surface area contributed by atoms with Crippen molar-refractivity contribution in [2.45, 2.75) is 58.7 Å². The molecule has 0 spiro atoms. The van der Waals surface area contributed by atoms with E-state index in [2.05, 4.69) is 33.0 Å². The van der Waals surface area contributed by atoms with E-state index in [1.807, 2.05) is 0 Å². The molecule has 0 radical (unpaired) electrons. The summed E-state index contributed by atoms with van der Waals surface area (Å²) in [6.45, 7) is 10.8. The molecule has 1 rings (SSSR count). The summed E-state index contributed by atoms with van der Waals surface area (Å²) in [5, 5.41) is 3.51. The van der Waals surface area contributed by atoms with Crippen molar-refractivity contribution in [2.75, 3.05) is 19.0 Å². The molecule has 0 bridgehead atoms. The van der Waals surface area contributed by atoms with Crippen molar-refractivity contribution in [3.05, 3.63) is 0 Å². The van der Waals surface area contributed by atoms with Crippen LogP contribution in [0.2, 0.25) is 0 Å². The summed E-state index contributed by atoms with van der Waals surface area (Å²) in [6, 6.07) is 0. The van der Waals surface area contributed by atoms with E-state index in [0.29, 0.717) is 6.10 Å². The van der Waals surface area contributed by atoms with Crippen LogP contribution in [0.25, 0.3) is 0 Å². The van der Waals surface area contributed by atoms with Crippen LogP contribution in [0.3, 0.4) is 0 Å². The number of halogens is 1. The number of hydrogen-bond acceptors (Lipinski definition) is 2. The Labute approximate surface area is 105 Å². The number of nitrogens with one attached hydrogen (secondary N) is 1. The largest absolute Gasteiger partial charge is 0.371 e. The zero-order valence-electron chi connectivity index (χ0n) is 11.1. The van der Waals surface area contributed by atoms with Gasteiger partial charge < -0.3 is 10.1 Å². The van der Waals surface area contributed by atoms with Gasteiger partial charge in [-0.2, -0.15) is 0 Å². The van der Waals surface area contributed by atoms with E-state index in [9.17, 15) is 0 Å². The first kappa shape index (κ1) is 14.3. The quantitative estimate of drug-likeness (QED) is 0.728. The Balaban J connectivity index is 2.17. The molecule has 3 heteroatoms. The lowest BCUT2D eigenvalue weighted by atomic mass is 9.90. The number of alkyl halides is 1. The highest BCUT2D eigenvalue weighted by Crippen LogP contribution is 2.29. The number of rotatable bonds is 6. The van der Waals surface area contributed by atoms with E-state index >= 15 is 0 Å². The molecule has 0 aromatic carbocycles. The van der Waals surface area contributed by atoms with Gasteiger partial charge in [-0.15, -0.1) is 11.6 Å². The van der Waals surface area contributed by atoms with Crippen LogP contribution in [0.1, 0.15) is 47.0 Å². The minimum Gasteiger partial charge on any atom is -0.371 e. The highest BCUT2D eigenvalue weighted by atomic mass is 35.5. The molecule has 1 atom stereocenters. The first-order chi connectivity index (χ1) is 7.35. The molecule has 1 N–H and O–H groups in total. The van der Waals surface area contributed by atoms with Gasteiger partial charge in [-0.1, -0.05) is 13.8 Å². The van der Waals surface area contributed by atoms with E-state index in [1.54, 1.807) is 0 Å². The molecule has 0 aromatic rings. The predicted molar refractivity (Wildman–Crippen MR) is 70.2 cm³/mol. The lowest BCUT2D eigenvalue weighted by Crippen LogP contribution is -2.35. The van der Waals surface area contributed by atoms with Crippen molar-refractivity contribution in [2.24, 2.45) is 5.41 Å². The van der Waals surface area contributed by atoms with Crippen LogP contribution in [0.5, 0.6) is 0 Å². The third kappa shape index (κ3) is 5.03. The van der Waals surface area contributed by atoms with Crippen LogP contribution in [-0.2, 0) is 4.74 Å². The normalized spacial score (nSPS) is 24.9. The van der Waals surface area contributed by atoms with Gasteiger partial charge in [0.15, 0.2) is 0 Å². The summed E-state index contributed by atoms with van der Waals surface area (Å²) < 4.78 is 5.93. The monoisotopic (exact) mass is 247 g/mol. The Morgan fingerprint density at radius 3 is 2.62 bits per heavy atom. The molecule has 0 saturated carbocycles. The zero-order valence-corrected chi connectivity index (χ0v) is 11.9. The number of hydrogen-bond donors (Lipinski definition) is 1. The summed E-state index contributed by atoms with van der Waals surface area (Å²) in [5.74, 6) is 0.738. The van der Waals surface area contributed by atoms with Crippen molar-refractivity contribution in [3.63, 3.8) is 0 Å². The first-order valence-electron chi connectivity index (χ1n) is 6.29. The Kier molecular flexibility index (Phi) is 5.09. The van der Waals surface area contributed by atoms with Crippen molar-refractivity contribution in [3.8, 4) is 0 Å². The summed E-state index contributed by atoms with van der Waals surface area (Å²) in [5.41, 5.74) is 0.369. The van der Waals surface area contributed by atoms with Gasteiger partial charge in [0.25, 0.3) is 0 Å². The average Bonchev–Trinajstić information content (AvgIpc) is 2.45. The van der Waals surface area contributed by atoms with Crippen LogP contribution >= 0.6 is 11.6 Å². The standard InChI is InChI=1S/C13H26ClNO/c1-12(2,7-8-14)10-15-9-11-5-6-13(3,4)16-11/h11,15H,5-10H2,1-4H3. The predicted octanol–water partition coefficient (Wildman–Crippen LogP) is 3.19. The molecule has 2 nitrogen and oxygen atoms in total.